The number of halogens is 1. The molecule has 1 saturated carbocycles. The number of carbonyl (C=O) groups is 1. The summed E-state index contributed by atoms with van der Waals surface area (Å²) in [5.74, 6) is 0.532. The fraction of sp³-hybridized carbons (Fsp3) is 0.929. The lowest BCUT2D eigenvalue weighted by Crippen LogP contribution is -2.43. The first-order valence-corrected chi connectivity index (χ1v) is 7.16. The average Bonchev–Trinajstić information content (AvgIpc) is 3.07. The average molecular weight is 275 g/mol. The van der Waals surface area contributed by atoms with Gasteiger partial charge in [-0.15, -0.1) is 12.4 Å². The normalized spacial score (nSPS) is 29.2. The second-order valence-electron chi connectivity index (χ2n) is 6.04. The van der Waals surface area contributed by atoms with Crippen molar-refractivity contribution in [3.8, 4) is 0 Å². The number of rotatable bonds is 5. The minimum absolute atomic E-state index is 0. The number of hydrogen-bond acceptors (Lipinski definition) is 2. The maximum absolute atomic E-state index is 12.1. The van der Waals surface area contributed by atoms with E-state index >= 15 is 0 Å². The number of piperidine rings is 1. The molecular formula is C14H27ClN2O. The molecule has 2 rings (SSSR count). The van der Waals surface area contributed by atoms with Crippen LogP contribution < -0.4 is 10.6 Å². The molecule has 3 nitrogen and oxygen atoms in total. The smallest absolute Gasteiger partial charge is 0.223 e. The highest BCUT2D eigenvalue weighted by molar-refractivity contribution is 5.85. The van der Waals surface area contributed by atoms with Gasteiger partial charge in [-0.2, -0.15) is 0 Å². The van der Waals surface area contributed by atoms with Crippen LogP contribution in [0.4, 0.5) is 0 Å². The van der Waals surface area contributed by atoms with Crippen LogP contribution in [0.3, 0.4) is 0 Å². The van der Waals surface area contributed by atoms with E-state index in [1.165, 1.54) is 25.7 Å². The Balaban J connectivity index is 0.00000162. The summed E-state index contributed by atoms with van der Waals surface area (Å²) in [5.41, 5.74) is 0.475. The molecule has 2 N–H and O–H groups in total. The van der Waals surface area contributed by atoms with Crippen molar-refractivity contribution < 1.29 is 4.79 Å². The molecule has 1 aliphatic carbocycles. The summed E-state index contributed by atoms with van der Waals surface area (Å²) >= 11 is 0. The Morgan fingerprint density at radius 2 is 2.17 bits per heavy atom. The van der Waals surface area contributed by atoms with Crippen LogP contribution in [-0.4, -0.2) is 25.0 Å². The Bertz CT molecular complexity index is 279. The van der Waals surface area contributed by atoms with Crippen molar-refractivity contribution in [2.75, 3.05) is 13.1 Å². The van der Waals surface area contributed by atoms with Crippen LogP contribution in [-0.2, 0) is 4.79 Å². The Kier molecular flexibility index (Phi) is 5.93. The molecule has 0 spiro atoms. The maximum Gasteiger partial charge on any atom is 0.223 e. The van der Waals surface area contributed by atoms with E-state index in [1.54, 1.807) is 0 Å². The van der Waals surface area contributed by atoms with Crippen LogP contribution in [0.5, 0.6) is 0 Å². The van der Waals surface area contributed by atoms with Crippen LogP contribution in [0, 0.1) is 11.3 Å². The molecule has 4 heteroatoms. The first-order chi connectivity index (χ1) is 8.15. The van der Waals surface area contributed by atoms with Gasteiger partial charge in [-0.1, -0.05) is 13.3 Å². The van der Waals surface area contributed by atoms with Gasteiger partial charge in [0, 0.05) is 18.5 Å². The fourth-order valence-corrected chi connectivity index (χ4v) is 3.01. The minimum atomic E-state index is 0. The Hall–Kier alpha value is -0.280. The van der Waals surface area contributed by atoms with E-state index in [0.29, 0.717) is 17.4 Å². The zero-order valence-corrected chi connectivity index (χ0v) is 12.4. The monoisotopic (exact) mass is 274 g/mol. The van der Waals surface area contributed by atoms with E-state index in [4.69, 9.17) is 0 Å². The van der Waals surface area contributed by atoms with Gasteiger partial charge in [0.25, 0.3) is 0 Å². The molecule has 2 fully saturated rings. The van der Waals surface area contributed by atoms with E-state index in [1.807, 2.05) is 0 Å². The van der Waals surface area contributed by atoms with Crippen molar-refractivity contribution in [3.63, 3.8) is 0 Å². The summed E-state index contributed by atoms with van der Waals surface area (Å²) < 4.78 is 0. The number of hydrogen-bond donors (Lipinski definition) is 2. The lowest BCUT2D eigenvalue weighted by molar-refractivity contribution is -0.126. The van der Waals surface area contributed by atoms with Crippen LogP contribution in [0.2, 0.25) is 0 Å². The second kappa shape index (κ2) is 6.76. The Morgan fingerprint density at radius 3 is 2.72 bits per heavy atom. The highest BCUT2D eigenvalue weighted by atomic mass is 35.5. The third-order valence-electron chi connectivity index (χ3n) is 4.37. The van der Waals surface area contributed by atoms with Crippen molar-refractivity contribution in [2.24, 2.45) is 11.3 Å². The molecule has 2 atom stereocenters. The molecule has 2 aliphatic rings. The summed E-state index contributed by atoms with van der Waals surface area (Å²) in [6, 6.07) is 0.491. The van der Waals surface area contributed by atoms with Gasteiger partial charge in [0.15, 0.2) is 0 Å². The molecule has 1 saturated heterocycles. The maximum atomic E-state index is 12.1. The summed E-state index contributed by atoms with van der Waals surface area (Å²) in [6.45, 7) is 6.30. The molecule has 106 valence electrons. The number of nitrogens with one attached hydrogen (secondary N) is 2. The largest absolute Gasteiger partial charge is 0.355 e. The van der Waals surface area contributed by atoms with Crippen molar-refractivity contribution in [2.45, 2.75) is 58.4 Å². The van der Waals surface area contributed by atoms with E-state index < -0.39 is 0 Å². The molecule has 0 radical (unpaired) electrons. The lowest BCUT2D eigenvalue weighted by Gasteiger charge is -2.27. The predicted octanol–water partition coefficient (Wildman–Crippen LogP) is 2.49. The molecule has 1 amide bonds. The second-order valence-corrected chi connectivity index (χ2v) is 6.04. The van der Waals surface area contributed by atoms with Crippen LogP contribution in [0.15, 0.2) is 0 Å². The summed E-state index contributed by atoms with van der Waals surface area (Å²) in [5, 5.41) is 6.59. The fourth-order valence-electron chi connectivity index (χ4n) is 3.01. The van der Waals surface area contributed by atoms with Crippen LogP contribution in [0.1, 0.15) is 52.4 Å². The van der Waals surface area contributed by atoms with Gasteiger partial charge in [-0.3, -0.25) is 4.79 Å². The van der Waals surface area contributed by atoms with E-state index in [-0.39, 0.29) is 18.3 Å². The quantitative estimate of drug-likeness (QED) is 0.809. The van der Waals surface area contributed by atoms with Crippen LogP contribution in [0.25, 0.3) is 0 Å². The van der Waals surface area contributed by atoms with E-state index in [2.05, 4.69) is 24.5 Å². The molecule has 0 unspecified atom stereocenters. The van der Waals surface area contributed by atoms with Gasteiger partial charge in [-0.25, -0.2) is 0 Å². The molecule has 18 heavy (non-hydrogen) atoms. The lowest BCUT2D eigenvalue weighted by atomic mass is 9.92. The third kappa shape index (κ3) is 4.13. The van der Waals surface area contributed by atoms with Crippen molar-refractivity contribution in [3.05, 3.63) is 0 Å². The molecule has 1 aliphatic heterocycles. The number of amides is 1. The van der Waals surface area contributed by atoms with Crippen molar-refractivity contribution >= 4 is 18.3 Å². The summed E-state index contributed by atoms with van der Waals surface area (Å²) in [6.07, 6.45) is 7.12. The van der Waals surface area contributed by atoms with Crippen LogP contribution >= 0.6 is 12.4 Å². The molecule has 0 aromatic heterocycles. The van der Waals surface area contributed by atoms with Gasteiger partial charge in [0.1, 0.15) is 0 Å². The first-order valence-electron chi connectivity index (χ1n) is 7.16. The SMILES string of the molecule is CCCC1(CNC(=O)[C@H]2CCN[C@@H](C)C2)CC1.Cl. The highest BCUT2D eigenvalue weighted by Crippen LogP contribution is 2.48. The standard InChI is InChI=1S/C14H26N2O.ClH/c1-3-5-14(6-7-14)10-16-13(17)12-4-8-15-11(2)9-12;/h11-12,15H,3-10H2,1-2H3,(H,16,17);1H/t11-,12-;/m0./s1. The van der Waals surface area contributed by atoms with Gasteiger partial charge in [-0.05, 0) is 51.0 Å². The van der Waals surface area contributed by atoms with Gasteiger partial charge in [0.05, 0.1) is 0 Å². The zero-order valence-electron chi connectivity index (χ0n) is 11.6. The predicted molar refractivity (Wildman–Crippen MR) is 77.0 cm³/mol. The van der Waals surface area contributed by atoms with E-state index in [0.717, 1.165) is 25.9 Å². The molecular weight excluding hydrogens is 248 g/mol. The zero-order chi connectivity index (χ0) is 12.3. The molecule has 0 aromatic carbocycles. The topological polar surface area (TPSA) is 41.1 Å². The molecule has 0 aromatic rings. The first kappa shape index (κ1) is 15.8. The van der Waals surface area contributed by atoms with Gasteiger partial charge >= 0.3 is 0 Å². The molecule has 1 heterocycles. The van der Waals surface area contributed by atoms with Crippen molar-refractivity contribution in [1.82, 2.24) is 10.6 Å². The minimum Gasteiger partial charge on any atom is -0.355 e. The number of carbonyl (C=O) groups excluding carboxylic acids is 1. The summed E-state index contributed by atoms with van der Waals surface area (Å²) in [4.78, 5) is 12.1. The van der Waals surface area contributed by atoms with Crippen molar-refractivity contribution in [1.29, 1.82) is 0 Å². The Morgan fingerprint density at radius 1 is 1.44 bits per heavy atom. The molecule has 0 bridgehead atoms. The highest BCUT2D eigenvalue weighted by Gasteiger charge is 2.41. The Labute approximate surface area is 117 Å². The van der Waals surface area contributed by atoms with Gasteiger partial charge < -0.3 is 10.6 Å². The summed E-state index contributed by atoms with van der Waals surface area (Å²) in [7, 11) is 0. The third-order valence-corrected chi connectivity index (χ3v) is 4.37. The van der Waals surface area contributed by atoms with Gasteiger partial charge in [0.2, 0.25) is 5.91 Å². The van der Waals surface area contributed by atoms with E-state index in [9.17, 15) is 4.79 Å².